The Morgan fingerprint density at radius 3 is 2.62 bits per heavy atom. The molecule has 1 saturated carbocycles. The van der Waals surface area contributed by atoms with Crippen molar-refractivity contribution in [3.8, 4) is 22.9 Å². The summed E-state index contributed by atoms with van der Waals surface area (Å²) in [6.45, 7) is 6.30. The quantitative estimate of drug-likeness (QED) is 0.342. The Hall–Kier alpha value is -3.24. The van der Waals surface area contributed by atoms with Crippen LogP contribution < -0.4 is 10.7 Å². The molecule has 0 amide bonds. The summed E-state index contributed by atoms with van der Waals surface area (Å²) in [5.74, 6) is 1.89. The average Bonchev–Trinajstić information content (AvgIpc) is 3.53. The maximum absolute atomic E-state index is 11.7. The molecule has 0 aromatic carbocycles. The molecule has 4 aromatic heterocycles. The van der Waals surface area contributed by atoms with E-state index in [0.29, 0.717) is 28.0 Å². The number of fused-ring (bicyclic) bond motifs is 1. The summed E-state index contributed by atoms with van der Waals surface area (Å²) < 4.78 is 12.8. The van der Waals surface area contributed by atoms with Gasteiger partial charge in [-0.05, 0) is 62.6 Å². The van der Waals surface area contributed by atoms with Crippen molar-refractivity contribution in [2.45, 2.75) is 71.1 Å². The maximum Gasteiger partial charge on any atom is 0.439 e. The highest BCUT2D eigenvalue weighted by Crippen LogP contribution is 2.38. The van der Waals surface area contributed by atoms with Crippen molar-refractivity contribution in [3.63, 3.8) is 0 Å². The van der Waals surface area contributed by atoms with Gasteiger partial charge in [0, 0.05) is 32.4 Å². The van der Waals surface area contributed by atoms with E-state index in [1.807, 2.05) is 18.2 Å². The second-order valence-electron chi connectivity index (χ2n) is 11.1. The van der Waals surface area contributed by atoms with Crippen LogP contribution in [0.2, 0.25) is 5.02 Å². The number of hydrogen-bond acceptors (Lipinski definition) is 8. The van der Waals surface area contributed by atoms with E-state index >= 15 is 0 Å². The third-order valence-electron chi connectivity index (χ3n) is 8.35. The predicted octanol–water partition coefficient (Wildman–Crippen LogP) is 5.32. The SMILES string of the molecule is CO[C@@H]1CCN(c2nc3cc(-c4noc(=O)[nH]4)nc(-c4ccc(Cl)cn4)c3n2CC2CCC(C)CC2)[C@H](C)C1. The predicted molar refractivity (Wildman–Crippen MR) is 150 cm³/mol. The number of H-pyrrole nitrogens is 1. The molecule has 10 nitrogen and oxygen atoms in total. The highest BCUT2D eigenvalue weighted by Gasteiger charge is 2.32. The third kappa shape index (κ3) is 5.19. The van der Waals surface area contributed by atoms with Crippen LogP contribution in [0, 0.1) is 11.8 Å². The van der Waals surface area contributed by atoms with E-state index in [4.69, 9.17) is 30.8 Å². The lowest BCUT2D eigenvalue weighted by Gasteiger charge is -2.38. The van der Waals surface area contributed by atoms with Gasteiger partial charge in [-0.3, -0.25) is 14.5 Å². The molecular formula is C28H34ClN7O3. The van der Waals surface area contributed by atoms with Gasteiger partial charge < -0.3 is 14.2 Å². The summed E-state index contributed by atoms with van der Waals surface area (Å²) in [4.78, 5) is 31.5. The molecule has 0 bridgehead atoms. The summed E-state index contributed by atoms with van der Waals surface area (Å²) in [7, 11) is 1.79. The van der Waals surface area contributed by atoms with Gasteiger partial charge in [-0.25, -0.2) is 14.8 Å². The van der Waals surface area contributed by atoms with E-state index in [9.17, 15) is 4.79 Å². The van der Waals surface area contributed by atoms with Crippen molar-refractivity contribution in [2.24, 2.45) is 11.8 Å². The fraction of sp³-hybridized carbons (Fsp3) is 0.536. The molecular weight excluding hydrogens is 518 g/mol. The van der Waals surface area contributed by atoms with Crippen LogP contribution in [0.3, 0.4) is 0 Å². The van der Waals surface area contributed by atoms with E-state index in [0.717, 1.165) is 48.8 Å². The first kappa shape index (κ1) is 26.0. The number of nitrogens with zero attached hydrogens (tertiary/aromatic N) is 6. The average molecular weight is 552 g/mol. The van der Waals surface area contributed by atoms with Gasteiger partial charge in [0.15, 0.2) is 0 Å². The van der Waals surface area contributed by atoms with Gasteiger partial charge in [-0.1, -0.05) is 36.5 Å². The van der Waals surface area contributed by atoms with Crippen LogP contribution in [0.25, 0.3) is 33.9 Å². The molecule has 4 aromatic rings. The molecule has 39 heavy (non-hydrogen) atoms. The number of halogens is 1. The number of methoxy groups -OCH3 is 1. The van der Waals surface area contributed by atoms with Crippen molar-refractivity contribution in [1.29, 1.82) is 0 Å². The van der Waals surface area contributed by atoms with Crippen molar-refractivity contribution >= 4 is 28.6 Å². The van der Waals surface area contributed by atoms with E-state index in [1.165, 1.54) is 25.7 Å². The van der Waals surface area contributed by atoms with Crippen LogP contribution in [0.15, 0.2) is 33.7 Å². The van der Waals surface area contributed by atoms with Crippen molar-refractivity contribution in [3.05, 3.63) is 40.0 Å². The topological polar surface area (TPSA) is 115 Å². The number of piperidine rings is 1. The number of hydrogen-bond donors (Lipinski definition) is 1. The molecule has 0 unspecified atom stereocenters. The molecule has 0 radical (unpaired) electrons. The van der Waals surface area contributed by atoms with Crippen molar-refractivity contribution in [2.75, 3.05) is 18.6 Å². The minimum absolute atomic E-state index is 0.250. The van der Waals surface area contributed by atoms with Gasteiger partial charge in [0.05, 0.1) is 27.9 Å². The fourth-order valence-corrected chi connectivity index (χ4v) is 6.21. The Balaban J connectivity index is 1.54. The van der Waals surface area contributed by atoms with E-state index < -0.39 is 5.76 Å². The zero-order chi connectivity index (χ0) is 27.1. The van der Waals surface area contributed by atoms with Crippen molar-refractivity contribution < 1.29 is 9.26 Å². The molecule has 11 heteroatoms. The summed E-state index contributed by atoms with van der Waals surface area (Å²) in [5, 5.41) is 4.43. The van der Waals surface area contributed by atoms with Gasteiger partial charge in [-0.15, -0.1) is 0 Å². The lowest BCUT2D eigenvalue weighted by molar-refractivity contribution is 0.0716. The normalized spacial score (nSPS) is 23.9. The van der Waals surface area contributed by atoms with Crippen LogP contribution in [-0.4, -0.2) is 55.5 Å². The molecule has 2 atom stereocenters. The zero-order valence-corrected chi connectivity index (χ0v) is 23.3. The Bertz CT molecular complexity index is 1500. The highest BCUT2D eigenvalue weighted by atomic mass is 35.5. The minimum atomic E-state index is -0.634. The Morgan fingerprint density at radius 1 is 1.13 bits per heavy atom. The van der Waals surface area contributed by atoms with Crippen LogP contribution in [0.1, 0.15) is 52.4 Å². The molecule has 6 rings (SSSR count). The molecule has 2 fully saturated rings. The van der Waals surface area contributed by atoms with Gasteiger partial charge >= 0.3 is 5.76 Å². The van der Waals surface area contributed by atoms with Gasteiger partial charge in [0.1, 0.15) is 11.4 Å². The number of pyridine rings is 2. The number of nitrogens with one attached hydrogen (secondary N) is 1. The fourth-order valence-electron chi connectivity index (χ4n) is 6.10. The molecule has 1 saturated heterocycles. The first-order chi connectivity index (χ1) is 18.9. The van der Waals surface area contributed by atoms with Gasteiger partial charge in [0.2, 0.25) is 11.8 Å². The van der Waals surface area contributed by atoms with E-state index in [2.05, 4.69) is 38.4 Å². The maximum atomic E-state index is 11.7. The summed E-state index contributed by atoms with van der Waals surface area (Å²) in [6.07, 6.45) is 8.64. The van der Waals surface area contributed by atoms with Gasteiger partial charge in [-0.2, -0.15) is 0 Å². The first-order valence-electron chi connectivity index (χ1n) is 13.8. The molecule has 2 aliphatic rings. The Labute approximate surface area is 231 Å². The van der Waals surface area contributed by atoms with Crippen LogP contribution in [0.5, 0.6) is 0 Å². The number of imidazole rings is 1. The van der Waals surface area contributed by atoms with Crippen LogP contribution >= 0.6 is 11.6 Å². The zero-order valence-electron chi connectivity index (χ0n) is 22.6. The number of aromatic amines is 1. The highest BCUT2D eigenvalue weighted by molar-refractivity contribution is 6.30. The monoisotopic (exact) mass is 551 g/mol. The largest absolute Gasteiger partial charge is 0.439 e. The summed E-state index contributed by atoms with van der Waals surface area (Å²) in [6, 6.07) is 5.81. The standard InChI is InChI=1S/C28H34ClN7O3/c1-16-4-6-18(7-5-16)15-36-25-22(32-27(36)35-11-10-20(38-3)12-17(35)2)13-23(26-33-28(37)39-34-26)31-24(25)21-9-8-19(29)14-30-21/h8-9,13-14,16-18,20H,4-7,10-12,15H2,1-3H3,(H,33,34,37)/t16?,17-,18?,20-/m1/s1. The smallest absolute Gasteiger partial charge is 0.381 e. The second-order valence-corrected chi connectivity index (χ2v) is 11.5. The lowest BCUT2D eigenvalue weighted by atomic mass is 9.83. The number of aromatic nitrogens is 6. The van der Waals surface area contributed by atoms with E-state index in [-0.39, 0.29) is 18.0 Å². The third-order valence-corrected chi connectivity index (χ3v) is 8.58. The Kier molecular flexibility index (Phi) is 7.16. The summed E-state index contributed by atoms with van der Waals surface area (Å²) in [5.41, 5.74) is 3.51. The molecule has 1 N–H and O–H groups in total. The second kappa shape index (κ2) is 10.7. The molecule has 0 spiro atoms. The number of ether oxygens (including phenoxy) is 1. The molecule has 206 valence electrons. The van der Waals surface area contributed by atoms with Gasteiger partial charge in [0.25, 0.3) is 0 Å². The molecule has 5 heterocycles. The number of rotatable bonds is 6. The van der Waals surface area contributed by atoms with Crippen LogP contribution in [0.4, 0.5) is 5.95 Å². The molecule has 1 aliphatic carbocycles. The Morgan fingerprint density at radius 2 is 1.95 bits per heavy atom. The summed E-state index contributed by atoms with van der Waals surface area (Å²) >= 11 is 6.19. The van der Waals surface area contributed by atoms with Crippen molar-refractivity contribution in [1.82, 2.24) is 29.7 Å². The molecule has 1 aliphatic heterocycles. The first-order valence-corrected chi connectivity index (χ1v) is 14.2. The van der Waals surface area contributed by atoms with Crippen LogP contribution in [-0.2, 0) is 11.3 Å². The lowest BCUT2D eigenvalue weighted by Crippen LogP contribution is -2.44. The van der Waals surface area contributed by atoms with E-state index in [1.54, 1.807) is 13.3 Å². The minimum Gasteiger partial charge on any atom is -0.381 e. The number of anilines is 1.